The molecule has 0 saturated heterocycles. The number of anilines is 1. The van der Waals surface area contributed by atoms with E-state index in [2.05, 4.69) is 59.9 Å². The third-order valence-corrected chi connectivity index (χ3v) is 7.78. The maximum Gasteiger partial charge on any atom is 0.224 e. The molecule has 1 aliphatic heterocycles. The highest BCUT2D eigenvalue weighted by Gasteiger charge is 2.13. The lowest BCUT2D eigenvalue weighted by Crippen LogP contribution is -2.16. The fourth-order valence-corrected chi connectivity index (χ4v) is 5.68. The van der Waals surface area contributed by atoms with E-state index in [1.807, 2.05) is 12.1 Å². The van der Waals surface area contributed by atoms with Crippen molar-refractivity contribution in [3.63, 3.8) is 0 Å². The SMILES string of the molecule is O=C(CCCc1ccc2ccc3cccc4ccc1c2c34)Nc1ccc2c(c1)OCCOCCOCCOCCOCCO2. The van der Waals surface area contributed by atoms with E-state index in [1.165, 1.54) is 37.9 Å². The second kappa shape index (κ2) is 15.2. The number of amides is 1. The molecule has 0 spiro atoms. The average molecular weight is 598 g/mol. The average Bonchev–Trinajstić information content (AvgIpc) is 3.04. The third-order valence-electron chi connectivity index (χ3n) is 7.78. The van der Waals surface area contributed by atoms with Crippen molar-refractivity contribution in [3.8, 4) is 11.5 Å². The van der Waals surface area contributed by atoms with Gasteiger partial charge in [0.1, 0.15) is 13.2 Å². The summed E-state index contributed by atoms with van der Waals surface area (Å²) in [5, 5.41) is 10.7. The summed E-state index contributed by atoms with van der Waals surface area (Å²) in [6.45, 7) is 4.53. The Morgan fingerprint density at radius 3 is 1.84 bits per heavy atom. The number of nitrogens with one attached hydrogen (secondary N) is 1. The zero-order chi connectivity index (χ0) is 30.0. The topological polar surface area (TPSA) is 84.5 Å². The van der Waals surface area contributed by atoms with E-state index in [0.717, 1.165) is 12.8 Å². The van der Waals surface area contributed by atoms with E-state index in [1.54, 1.807) is 6.07 Å². The molecule has 0 aromatic heterocycles. The number of hydrogen-bond donors (Lipinski definition) is 1. The summed E-state index contributed by atoms with van der Waals surface area (Å²) in [5.41, 5.74) is 1.92. The summed E-state index contributed by atoms with van der Waals surface area (Å²) < 4.78 is 34.1. The molecule has 0 atom stereocenters. The van der Waals surface area contributed by atoms with Gasteiger partial charge in [0, 0.05) is 18.2 Å². The smallest absolute Gasteiger partial charge is 0.224 e. The molecule has 0 unspecified atom stereocenters. The van der Waals surface area contributed by atoms with Crippen LogP contribution in [-0.4, -0.2) is 72.0 Å². The largest absolute Gasteiger partial charge is 0.487 e. The highest BCUT2D eigenvalue weighted by atomic mass is 16.6. The van der Waals surface area contributed by atoms with Crippen LogP contribution in [-0.2, 0) is 30.2 Å². The van der Waals surface area contributed by atoms with Gasteiger partial charge in [-0.05, 0) is 62.9 Å². The molecule has 5 aromatic carbocycles. The van der Waals surface area contributed by atoms with Gasteiger partial charge in [-0.3, -0.25) is 4.79 Å². The van der Waals surface area contributed by atoms with Crippen molar-refractivity contribution in [2.45, 2.75) is 19.3 Å². The van der Waals surface area contributed by atoms with E-state index in [-0.39, 0.29) is 5.91 Å². The van der Waals surface area contributed by atoms with Gasteiger partial charge in [-0.2, -0.15) is 0 Å². The van der Waals surface area contributed by atoms with Crippen molar-refractivity contribution in [3.05, 3.63) is 78.4 Å². The quantitative estimate of drug-likeness (QED) is 0.235. The molecule has 5 aromatic rings. The van der Waals surface area contributed by atoms with Crippen molar-refractivity contribution >= 4 is 43.9 Å². The summed E-state index contributed by atoms with van der Waals surface area (Å²) in [6, 6.07) is 25.1. The summed E-state index contributed by atoms with van der Waals surface area (Å²) in [7, 11) is 0. The minimum absolute atomic E-state index is 0.0391. The first-order valence-corrected chi connectivity index (χ1v) is 15.4. The molecule has 0 radical (unpaired) electrons. The lowest BCUT2D eigenvalue weighted by Gasteiger charge is -2.16. The van der Waals surface area contributed by atoms with Crippen molar-refractivity contribution < 1.29 is 33.2 Å². The van der Waals surface area contributed by atoms with Crippen LogP contribution in [0.2, 0.25) is 0 Å². The normalized spacial score (nSPS) is 16.1. The number of benzene rings is 5. The van der Waals surface area contributed by atoms with Crippen LogP contribution in [0, 0.1) is 0 Å². The summed E-state index contributed by atoms with van der Waals surface area (Å²) in [6.07, 6.45) is 1.97. The highest BCUT2D eigenvalue weighted by Crippen LogP contribution is 2.36. The Bertz CT molecular complexity index is 1650. The fourth-order valence-electron chi connectivity index (χ4n) is 5.68. The molecular weight excluding hydrogens is 558 g/mol. The van der Waals surface area contributed by atoms with Gasteiger partial charge >= 0.3 is 0 Å². The van der Waals surface area contributed by atoms with Crippen LogP contribution in [0.3, 0.4) is 0 Å². The number of rotatable bonds is 5. The van der Waals surface area contributed by atoms with Gasteiger partial charge in [-0.25, -0.2) is 0 Å². The molecule has 1 amide bonds. The van der Waals surface area contributed by atoms with Crippen LogP contribution in [0.4, 0.5) is 5.69 Å². The van der Waals surface area contributed by atoms with Crippen LogP contribution in [0.1, 0.15) is 18.4 Å². The molecule has 8 heteroatoms. The third kappa shape index (κ3) is 7.57. The summed E-state index contributed by atoms with van der Waals surface area (Å²) >= 11 is 0. The van der Waals surface area contributed by atoms with Crippen LogP contribution in [0.5, 0.6) is 11.5 Å². The summed E-state index contributed by atoms with van der Waals surface area (Å²) in [5.74, 6) is 1.09. The molecule has 1 N–H and O–H groups in total. The molecule has 0 saturated carbocycles. The second-order valence-corrected chi connectivity index (χ2v) is 10.8. The maximum absolute atomic E-state index is 13.0. The molecule has 6 rings (SSSR count). The Kier molecular flexibility index (Phi) is 10.4. The lowest BCUT2D eigenvalue weighted by atomic mass is 9.90. The Labute approximate surface area is 257 Å². The van der Waals surface area contributed by atoms with Crippen LogP contribution in [0.25, 0.3) is 32.3 Å². The Hall–Kier alpha value is -3.95. The monoisotopic (exact) mass is 597 g/mol. The van der Waals surface area contributed by atoms with Gasteiger partial charge in [-0.15, -0.1) is 0 Å². The number of ether oxygens (including phenoxy) is 6. The van der Waals surface area contributed by atoms with Gasteiger partial charge in [-0.1, -0.05) is 54.6 Å². The first-order valence-electron chi connectivity index (χ1n) is 15.4. The Balaban J connectivity index is 1.06. The maximum atomic E-state index is 13.0. The van der Waals surface area contributed by atoms with Crippen LogP contribution in [0.15, 0.2) is 72.8 Å². The van der Waals surface area contributed by atoms with E-state index in [4.69, 9.17) is 28.4 Å². The number of fused-ring (bicyclic) bond motifs is 1. The highest BCUT2D eigenvalue weighted by molar-refractivity contribution is 6.23. The van der Waals surface area contributed by atoms with Gasteiger partial charge < -0.3 is 33.7 Å². The molecule has 0 fully saturated rings. The Morgan fingerprint density at radius 2 is 1.16 bits per heavy atom. The Morgan fingerprint density at radius 1 is 0.591 bits per heavy atom. The van der Waals surface area contributed by atoms with Crippen LogP contribution < -0.4 is 14.8 Å². The van der Waals surface area contributed by atoms with Crippen molar-refractivity contribution in [2.24, 2.45) is 0 Å². The van der Waals surface area contributed by atoms with E-state index >= 15 is 0 Å². The predicted molar refractivity (Wildman–Crippen MR) is 172 cm³/mol. The number of hydrogen-bond acceptors (Lipinski definition) is 7. The standard InChI is InChI=1S/C36H39NO7/c38-34(6-2-3-26-7-8-29-10-9-27-4-1-5-28-11-13-31(26)36(29)35(27)28)37-30-12-14-32-33(25-30)44-24-22-42-20-18-40-16-15-39-17-19-41-21-23-43-32/h1,4-5,7-14,25H,2-3,6,15-24H2,(H,37,38). The molecule has 8 nitrogen and oxygen atoms in total. The van der Waals surface area contributed by atoms with Gasteiger partial charge in [0.05, 0.1) is 52.9 Å². The molecule has 0 bridgehead atoms. The van der Waals surface area contributed by atoms with Crippen molar-refractivity contribution in [2.75, 3.05) is 71.4 Å². The second-order valence-electron chi connectivity index (χ2n) is 10.8. The minimum atomic E-state index is -0.0391. The molecule has 44 heavy (non-hydrogen) atoms. The van der Waals surface area contributed by atoms with Gasteiger partial charge in [0.2, 0.25) is 5.91 Å². The first kappa shape index (κ1) is 30.1. The lowest BCUT2D eigenvalue weighted by molar-refractivity contribution is -0.116. The van der Waals surface area contributed by atoms with Gasteiger partial charge in [0.15, 0.2) is 11.5 Å². The zero-order valence-corrected chi connectivity index (χ0v) is 25.0. The molecular formula is C36H39NO7. The molecule has 1 heterocycles. The number of carbonyl (C=O) groups excluding carboxylic acids is 1. The van der Waals surface area contributed by atoms with E-state index in [0.29, 0.717) is 89.7 Å². The van der Waals surface area contributed by atoms with Crippen molar-refractivity contribution in [1.82, 2.24) is 0 Å². The van der Waals surface area contributed by atoms with E-state index in [9.17, 15) is 4.79 Å². The van der Waals surface area contributed by atoms with Crippen LogP contribution >= 0.6 is 0 Å². The first-order chi connectivity index (χ1) is 21.8. The summed E-state index contributed by atoms with van der Waals surface area (Å²) in [4.78, 5) is 13.0. The minimum Gasteiger partial charge on any atom is -0.487 e. The van der Waals surface area contributed by atoms with Crippen molar-refractivity contribution in [1.29, 1.82) is 0 Å². The molecule has 230 valence electrons. The zero-order valence-electron chi connectivity index (χ0n) is 25.0. The fraction of sp³-hybridized carbons (Fsp3) is 0.361. The predicted octanol–water partition coefficient (Wildman–Crippen LogP) is 6.38. The molecule has 1 aliphatic rings. The number of carbonyl (C=O) groups is 1. The van der Waals surface area contributed by atoms with Gasteiger partial charge in [0.25, 0.3) is 0 Å². The number of aryl methyl sites for hydroxylation is 1. The molecule has 0 aliphatic carbocycles. The van der Waals surface area contributed by atoms with E-state index < -0.39 is 0 Å².